The Morgan fingerprint density at radius 2 is 1.85 bits per heavy atom. The van der Waals surface area contributed by atoms with Crippen molar-refractivity contribution in [3.8, 4) is 16.9 Å². The average Bonchev–Trinajstić information content (AvgIpc) is 3.39. The van der Waals surface area contributed by atoms with Gasteiger partial charge in [0.15, 0.2) is 0 Å². The minimum atomic E-state index is -0.598. The van der Waals surface area contributed by atoms with Crippen molar-refractivity contribution < 1.29 is 14.0 Å². The summed E-state index contributed by atoms with van der Waals surface area (Å²) in [7, 11) is 0. The van der Waals surface area contributed by atoms with E-state index in [2.05, 4.69) is 26.4 Å². The predicted octanol–water partition coefficient (Wildman–Crippen LogP) is 6.54. The highest BCUT2D eigenvalue weighted by Gasteiger charge is 2.35. The molecule has 2 heterocycles. The second kappa shape index (κ2) is 9.44. The van der Waals surface area contributed by atoms with Crippen LogP contribution in [0.5, 0.6) is 5.75 Å². The van der Waals surface area contributed by atoms with Crippen molar-refractivity contribution in [2.45, 2.75) is 18.9 Å². The van der Waals surface area contributed by atoms with E-state index in [1.165, 1.54) is 6.07 Å². The lowest BCUT2D eigenvalue weighted by Gasteiger charge is -2.36. The van der Waals surface area contributed by atoms with E-state index in [0.717, 1.165) is 28.3 Å². The van der Waals surface area contributed by atoms with Gasteiger partial charge in [-0.2, -0.15) is 0 Å². The van der Waals surface area contributed by atoms with Crippen LogP contribution in [0.4, 0.5) is 4.39 Å². The number of hydroxylamine groups is 1. The highest BCUT2D eigenvalue weighted by molar-refractivity contribution is 9.10. The molecule has 1 aliphatic heterocycles. The largest absolute Gasteiger partial charge is 0.490 e. The second-order valence-corrected chi connectivity index (χ2v) is 9.34. The minimum absolute atomic E-state index is 0.270. The number of halogens is 2. The van der Waals surface area contributed by atoms with Gasteiger partial charge in [-0.25, -0.2) is 9.37 Å². The Kier molecular flexibility index (Phi) is 6.22. The van der Waals surface area contributed by atoms with Crippen molar-refractivity contribution in [1.29, 1.82) is 0 Å². The van der Waals surface area contributed by atoms with Crippen LogP contribution in [0.2, 0.25) is 0 Å². The number of hydrogen-bond donors (Lipinski definition) is 1. The first-order valence-electron chi connectivity index (χ1n) is 10.9. The van der Waals surface area contributed by atoms with Gasteiger partial charge in [-0.1, -0.05) is 64.5 Å². The van der Waals surface area contributed by atoms with E-state index in [1.807, 2.05) is 78.4 Å². The molecule has 3 aromatic carbocycles. The number of benzene rings is 3. The Balaban J connectivity index is 1.43. The first-order valence-corrected chi connectivity index (χ1v) is 11.7. The summed E-state index contributed by atoms with van der Waals surface area (Å²) in [5, 5.41) is 0. The van der Waals surface area contributed by atoms with Crippen LogP contribution in [0.25, 0.3) is 22.5 Å². The Morgan fingerprint density at radius 1 is 1.09 bits per heavy atom. The lowest BCUT2D eigenvalue weighted by atomic mass is 9.95. The van der Waals surface area contributed by atoms with Crippen LogP contribution in [0.3, 0.4) is 0 Å². The number of nitrogens with zero attached hydrogens (tertiary/aromatic N) is 2. The molecular weight excluding hydrogens is 497 g/mol. The standard InChI is InChI=1S/C27H23BrFN3O2/c1-27(17-33-22-5-3-2-4-6-22)16-25(32-14-13-30-18-32)26(31-34-27)20-9-7-19(8-10-20)23-12-11-21(28)15-24(23)29/h2-15,18,31H,16-17H2,1H3. The zero-order valence-electron chi connectivity index (χ0n) is 18.5. The van der Waals surface area contributed by atoms with Crippen molar-refractivity contribution >= 4 is 27.3 Å². The van der Waals surface area contributed by atoms with Crippen LogP contribution in [-0.4, -0.2) is 21.8 Å². The average molecular weight is 520 g/mol. The molecule has 4 aromatic rings. The van der Waals surface area contributed by atoms with Crippen molar-refractivity contribution in [1.82, 2.24) is 15.0 Å². The molecule has 0 aliphatic carbocycles. The third kappa shape index (κ3) is 4.76. The van der Waals surface area contributed by atoms with Gasteiger partial charge in [0.1, 0.15) is 23.8 Å². The highest BCUT2D eigenvalue weighted by Crippen LogP contribution is 2.35. The zero-order chi connectivity index (χ0) is 23.5. The van der Waals surface area contributed by atoms with Gasteiger partial charge in [0.05, 0.1) is 17.7 Å². The number of imidazole rings is 1. The molecule has 1 aromatic heterocycles. The van der Waals surface area contributed by atoms with Crippen molar-refractivity contribution in [3.63, 3.8) is 0 Å². The van der Waals surface area contributed by atoms with Gasteiger partial charge in [0.25, 0.3) is 0 Å². The summed E-state index contributed by atoms with van der Waals surface area (Å²) in [4.78, 5) is 10.3. The summed E-state index contributed by atoms with van der Waals surface area (Å²) in [6.45, 7) is 2.38. The van der Waals surface area contributed by atoms with E-state index in [1.54, 1.807) is 18.6 Å². The number of hydrogen-bond acceptors (Lipinski definition) is 4. The number of nitrogens with one attached hydrogen (secondary N) is 1. The monoisotopic (exact) mass is 519 g/mol. The maximum Gasteiger partial charge on any atom is 0.132 e. The maximum absolute atomic E-state index is 14.4. The normalized spacial score (nSPS) is 18.0. The molecule has 1 unspecified atom stereocenters. The van der Waals surface area contributed by atoms with Gasteiger partial charge in [-0.3, -0.25) is 10.3 Å². The molecule has 1 N–H and O–H groups in total. The van der Waals surface area contributed by atoms with Gasteiger partial charge in [0.2, 0.25) is 0 Å². The molecule has 0 amide bonds. The first-order chi connectivity index (χ1) is 16.5. The van der Waals surface area contributed by atoms with Gasteiger partial charge < -0.3 is 9.30 Å². The van der Waals surface area contributed by atoms with Crippen molar-refractivity contribution in [3.05, 3.63) is 107 Å². The predicted molar refractivity (Wildman–Crippen MR) is 134 cm³/mol. The molecule has 0 bridgehead atoms. The first kappa shape index (κ1) is 22.4. The SMILES string of the molecule is CC1(COc2ccccc2)CC(n2ccnc2)=C(c2ccc(-c3ccc(Br)cc3F)cc2)NO1. The summed E-state index contributed by atoms with van der Waals surface area (Å²) in [6.07, 6.45) is 6.03. The number of ether oxygens (including phenoxy) is 1. The molecule has 34 heavy (non-hydrogen) atoms. The van der Waals surface area contributed by atoms with E-state index in [9.17, 15) is 4.39 Å². The van der Waals surface area contributed by atoms with E-state index >= 15 is 0 Å². The maximum atomic E-state index is 14.4. The summed E-state index contributed by atoms with van der Waals surface area (Å²) >= 11 is 3.31. The summed E-state index contributed by atoms with van der Waals surface area (Å²) in [5.41, 5.74) is 6.67. The van der Waals surface area contributed by atoms with Crippen LogP contribution in [0.15, 0.2) is 96.0 Å². The van der Waals surface area contributed by atoms with Crippen LogP contribution in [-0.2, 0) is 4.84 Å². The topological polar surface area (TPSA) is 48.3 Å². The minimum Gasteiger partial charge on any atom is -0.490 e. The number of aromatic nitrogens is 2. The Bertz CT molecular complexity index is 1310. The van der Waals surface area contributed by atoms with Crippen LogP contribution < -0.4 is 10.2 Å². The third-order valence-electron chi connectivity index (χ3n) is 5.75. The van der Waals surface area contributed by atoms with Gasteiger partial charge in [-0.15, -0.1) is 0 Å². The van der Waals surface area contributed by atoms with E-state index < -0.39 is 5.60 Å². The lowest BCUT2D eigenvalue weighted by Crippen LogP contribution is -2.44. The molecule has 0 fully saturated rings. The lowest BCUT2D eigenvalue weighted by molar-refractivity contribution is -0.0987. The van der Waals surface area contributed by atoms with E-state index in [4.69, 9.17) is 9.57 Å². The molecule has 5 nitrogen and oxygen atoms in total. The molecular formula is C27H23BrFN3O2. The van der Waals surface area contributed by atoms with E-state index in [0.29, 0.717) is 23.1 Å². The van der Waals surface area contributed by atoms with Gasteiger partial charge >= 0.3 is 0 Å². The van der Waals surface area contributed by atoms with Crippen LogP contribution in [0, 0.1) is 5.82 Å². The summed E-state index contributed by atoms with van der Waals surface area (Å²) < 4.78 is 23.1. The van der Waals surface area contributed by atoms with Gasteiger partial charge in [-0.05, 0) is 36.8 Å². The quantitative estimate of drug-likeness (QED) is 0.314. The third-order valence-corrected chi connectivity index (χ3v) is 6.24. The Hall–Kier alpha value is -3.42. The molecule has 0 saturated heterocycles. The smallest absolute Gasteiger partial charge is 0.132 e. The van der Waals surface area contributed by atoms with Crippen LogP contribution in [0.1, 0.15) is 18.9 Å². The van der Waals surface area contributed by atoms with Crippen molar-refractivity contribution in [2.24, 2.45) is 0 Å². The zero-order valence-corrected chi connectivity index (χ0v) is 20.1. The van der Waals surface area contributed by atoms with Crippen LogP contribution >= 0.6 is 15.9 Å². The number of para-hydroxylation sites is 1. The fraction of sp³-hybridized carbons (Fsp3) is 0.148. The molecule has 7 heteroatoms. The molecule has 1 aliphatic rings. The molecule has 0 spiro atoms. The summed E-state index contributed by atoms with van der Waals surface area (Å²) in [5.74, 6) is 0.524. The molecule has 5 rings (SSSR count). The second-order valence-electron chi connectivity index (χ2n) is 8.43. The Morgan fingerprint density at radius 3 is 2.56 bits per heavy atom. The molecule has 172 valence electrons. The molecule has 0 radical (unpaired) electrons. The van der Waals surface area contributed by atoms with E-state index in [-0.39, 0.29) is 5.82 Å². The summed E-state index contributed by atoms with van der Waals surface area (Å²) in [6, 6.07) is 22.5. The fourth-order valence-electron chi connectivity index (χ4n) is 3.95. The number of rotatable bonds is 6. The molecule has 0 saturated carbocycles. The van der Waals surface area contributed by atoms with Crippen molar-refractivity contribution in [2.75, 3.05) is 6.61 Å². The molecule has 1 atom stereocenters. The van der Waals surface area contributed by atoms with Gasteiger partial charge in [0, 0.05) is 34.4 Å². The highest BCUT2D eigenvalue weighted by atomic mass is 79.9. The Labute approximate surface area is 205 Å². The fourth-order valence-corrected chi connectivity index (χ4v) is 4.28.